The van der Waals surface area contributed by atoms with E-state index >= 15 is 0 Å². The molecule has 6 nitrogen and oxygen atoms in total. The van der Waals surface area contributed by atoms with Crippen LogP contribution < -0.4 is 10.0 Å². The van der Waals surface area contributed by atoms with Gasteiger partial charge in [0.25, 0.3) is 5.91 Å². The molecule has 1 aliphatic rings. The number of aryl methyl sites for hydroxylation is 1. The van der Waals surface area contributed by atoms with Gasteiger partial charge in [-0.05, 0) is 68.0 Å². The molecule has 0 saturated heterocycles. The van der Waals surface area contributed by atoms with Crippen LogP contribution in [-0.4, -0.2) is 34.1 Å². The van der Waals surface area contributed by atoms with E-state index in [-0.39, 0.29) is 23.5 Å². The molecule has 0 bridgehead atoms. The number of methoxy groups -OCH3 is 1. The monoisotopic (exact) mass is 422 g/mol. The van der Waals surface area contributed by atoms with Gasteiger partial charge in [-0.25, -0.2) is 13.1 Å². The molecule has 0 fully saturated rings. The Hall–Kier alpha value is -1.74. The maximum Gasteiger partial charge on any atom is 0.265 e. The zero-order valence-electron chi connectivity index (χ0n) is 16.3. The van der Waals surface area contributed by atoms with Crippen LogP contribution in [0.1, 0.15) is 40.4 Å². The van der Waals surface area contributed by atoms with E-state index in [9.17, 15) is 13.2 Å². The van der Waals surface area contributed by atoms with Crippen LogP contribution in [-0.2, 0) is 27.6 Å². The van der Waals surface area contributed by atoms with Crippen molar-refractivity contribution in [3.63, 3.8) is 0 Å². The summed E-state index contributed by atoms with van der Waals surface area (Å²) >= 11 is 1.55. The number of fused-ring (bicyclic) bond motifs is 1. The lowest BCUT2D eigenvalue weighted by atomic mass is 9.90. The molecule has 1 heterocycles. The molecule has 0 spiro atoms. The number of benzene rings is 1. The van der Waals surface area contributed by atoms with Gasteiger partial charge in [0.15, 0.2) is 0 Å². The van der Waals surface area contributed by atoms with E-state index in [0.29, 0.717) is 16.5 Å². The molecule has 8 heteroatoms. The normalized spacial score (nSPS) is 17.8. The number of thiophene rings is 1. The number of carbonyl (C=O) groups excluding carboxylic acids is 1. The molecular weight excluding hydrogens is 396 g/mol. The third-order valence-electron chi connectivity index (χ3n) is 4.75. The quantitative estimate of drug-likeness (QED) is 0.716. The maximum absolute atomic E-state index is 12.6. The van der Waals surface area contributed by atoms with Gasteiger partial charge >= 0.3 is 0 Å². The van der Waals surface area contributed by atoms with E-state index in [2.05, 4.69) is 17.0 Å². The zero-order valence-corrected chi connectivity index (χ0v) is 18.0. The number of hydrogen-bond acceptors (Lipinski definition) is 5. The molecule has 28 heavy (non-hydrogen) atoms. The summed E-state index contributed by atoms with van der Waals surface area (Å²) in [5, 5.41) is 2.85. The molecule has 2 N–H and O–H groups in total. The van der Waals surface area contributed by atoms with Gasteiger partial charge in [0.05, 0.1) is 16.4 Å². The summed E-state index contributed by atoms with van der Waals surface area (Å²) in [6.07, 6.45) is 3.23. The van der Waals surface area contributed by atoms with Crippen LogP contribution in [0.5, 0.6) is 0 Å². The molecule has 2 atom stereocenters. The highest BCUT2D eigenvalue weighted by atomic mass is 32.2. The second kappa shape index (κ2) is 8.73. The lowest BCUT2D eigenvalue weighted by molar-refractivity contribution is 0.103. The van der Waals surface area contributed by atoms with Crippen molar-refractivity contribution in [3.05, 3.63) is 45.6 Å². The highest BCUT2D eigenvalue weighted by Crippen LogP contribution is 2.32. The minimum absolute atomic E-state index is 0.147. The van der Waals surface area contributed by atoms with Crippen LogP contribution in [0.15, 0.2) is 35.2 Å². The third kappa shape index (κ3) is 5.00. The molecule has 2 aromatic rings. The maximum atomic E-state index is 12.6. The van der Waals surface area contributed by atoms with Crippen LogP contribution in [0.25, 0.3) is 0 Å². The number of ether oxygens (including phenoxy) is 1. The standard InChI is InChI=1S/C20H26N2O4S2/c1-13-4-9-18-15(10-13)11-19(27-18)20(23)21-16-5-7-17(8-6-16)28(24,25)22-14(2)12-26-3/h5-8,11,13-14,22H,4,9-10,12H2,1-3H3,(H,21,23). The highest BCUT2D eigenvalue weighted by molar-refractivity contribution is 7.89. The molecule has 1 amide bonds. The van der Waals surface area contributed by atoms with Crippen molar-refractivity contribution in [2.45, 2.75) is 44.0 Å². The van der Waals surface area contributed by atoms with E-state index in [0.717, 1.165) is 12.8 Å². The van der Waals surface area contributed by atoms with Gasteiger partial charge in [0, 0.05) is 23.7 Å². The average molecular weight is 423 g/mol. The number of nitrogens with one attached hydrogen (secondary N) is 2. The van der Waals surface area contributed by atoms with Crippen molar-refractivity contribution in [1.82, 2.24) is 4.72 Å². The lowest BCUT2D eigenvalue weighted by Gasteiger charge is -2.16. The van der Waals surface area contributed by atoms with Gasteiger partial charge in [0.2, 0.25) is 10.0 Å². The second-order valence-electron chi connectivity index (χ2n) is 7.36. The number of anilines is 1. The van der Waals surface area contributed by atoms with Crippen LogP contribution in [0.4, 0.5) is 5.69 Å². The molecule has 152 valence electrons. The average Bonchev–Trinajstić information content (AvgIpc) is 3.05. The van der Waals surface area contributed by atoms with E-state index in [1.165, 1.54) is 36.1 Å². The van der Waals surface area contributed by atoms with E-state index in [1.54, 1.807) is 30.4 Å². The number of rotatable bonds is 7. The van der Waals surface area contributed by atoms with E-state index in [1.807, 2.05) is 6.07 Å². The van der Waals surface area contributed by atoms with Crippen molar-refractivity contribution >= 4 is 33.0 Å². The van der Waals surface area contributed by atoms with Crippen LogP contribution in [0.2, 0.25) is 0 Å². The predicted octanol–water partition coefficient (Wildman–Crippen LogP) is 3.44. The summed E-state index contributed by atoms with van der Waals surface area (Å²) in [5.41, 5.74) is 1.85. The Kier molecular flexibility index (Phi) is 6.54. The van der Waals surface area contributed by atoms with E-state index in [4.69, 9.17) is 4.74 Å². The summed E-state index contributed by atoms with van der Waals surface area (Å²) in [6, 6.07) is 7.83. The van der Waals surface area contributed by atoms with Crippen molar-refractivity contribution in [2.24, 2.45) is 5.92 Å². The second-order valence-corrected chi connectivity index (χ2v) is 10.2. The highest BCUT2D eigenvalue weighted by Gasteiger charge is 2.21. The molecular formula is C20H26N2O4S2. The predicted molar refractivity (Wildman–Crippen MR) is 112 cm³/mol. The summed E-state index contributed by atoms with van der Waals surface area (Å²) in [6.45, 7) is 4.26. The van der Waals surface area contributed by atoms with Gasteiger partial charge in [-0.2, -0.15) is 0 Å². The molecule has 0 aliphatic heterocycles. The first-order chi connectivity index (χ1) is 13.3. The topological polar surface area (TPSA) is 84.5 Å². The fourth-order valence-corrected chi connectivity index (χ4v) is 5.68. The Morgan fingerprint density at radius 2 is 2.04 bits per heavy atom. The Balaban J connectivity index is 1.66. The van der Waals surface area contributed by atoms with Gasteiger partial charge < -0.3 is 10.1 Å². The Morgan fingerprint density at radius 3 is 2.71 bits per heavy atom. The van der Waals surface area contributed by atoms with E-state index < -0.39 is 10.0 Å². The fraction of sp³-hybridized carbons (Fsp3) is 0.450. The smallest absolute Gasteiger partial charge is 0.265 e. The Bertz CT molecular complexity index is 936. The van der Waals surface area contributed by atoms with Gasteiger partial charge in [-0.3, -0.25) is 4.79 Å². The molecule has 0 radical (unpaired) electrons. The van der Waals surface area contributed by atoms with Crippen LogP contribution in [0, 0.1) is 5.92 Å². The molecule has 0 saturated carbocycles. The van der Waals surface area contributed by atoms with Crippen molar-refractivity contribution in [1.29, 1.82) is 0 Å². The molecule has 1 aromatic carbocycles. The first kappa shape index (κ1) is 21.0. The first-order valence-corrected chi connectivity index (χ1v) is 11.6. The van der Waals surface area contributed by atoms with Gasteiger partial charge in [-0.1, -0.05) is 6.92 Å². The third-order valence-corrected chi connectivity index (χ3v) is 7.59. The zero-order chi connectivity index (χ0) is 20.3. The molecule has 1 aromatic heterocycles. The van der Waals surface area contributed by atoms with Gasteiger partial charge in [0.1, 0.15) is 0 Å². The van der Waals surface area contributed by atoms with Gasteiger partial charge in [-0.15, -0.1) is 11.3 Å². The molecule has 3 rings (SSSR count). The minimum atomic E-state index is -3.63. The van der Waals surface area contributed by atoms with Crippen molar-refractivity contribution in [2.75, 3.05) is 19.0 Å². The summed E-state index contributed by atoms with van der Waals surface area (Å²) in [4.78, 5) is 14.7. The molecule has 2 unspecified atom stereocenters. The van der Waals surface area contributed by atoms with Crippen LogP contribution >= 0.6 is 11.3 Å². The Morgan fingerprint density at radius 1 is 1.32 bits per heavy atom. The minimum Gasteiger partial charge on any atom is -0.383 e. The fourth-order valence-electron chi connectivity index (χ4n) is 3.34. The number of amides is 1. The summed E-state index contributed by atoms with van der Waals surface area (Å²) in [5.74, 6) is 0.502. The largest absolute Gasteiger partial charge is 0.383 e. The SMILES string of the molecule is COCC(C)NS(=O)(=O)c1ccc(NC(=O)c2cc3c(s2)CCC(C)C3)cc1. The molecule has 1 aliphatic carbocycles. The van der Waals surface area contributed by atoms with Crippen molar-refractivity contribution in [3.8, 4) is 0 Å². The summed E-state index contributed by atoms with van der Waals surface area (Å²) in [7, 11) is -2.11. The van der Waals surface area contributed by atoms with Crippen LogP contribution in [0.3, 0.4) is 0 Å². The summed E-state index contributed by atoms with van der Waals surface area (Å²) < 4.78 is 32.2. The lowest BCUT2D eigenvalue weighted by Crippen LogP contribution is -2.35. The van der Waals surface area contributed by atoms with Crippen molar-refractivity contribution < 1.29 is 17.9 Å². The number of sulfonamides is 1. The first-order valence-electron chi connectivity index (χ1n) is 9.32. The Labute approximate surface area is 170 Å². The number of carbonyl (C=O) groups is 1. The number of hydrogen-bond donors (Lipinski definition) is 2.